The van der Waals surface area contributed by atoms with Gasteiger partial charge in [0.1, 0.15) is 5.52 Å². The molecule has 0 unspecified atom stereocenters. The Morgan fingerprint density at radius 2 is 2.10 bits per heavy atom. The van der Waals surface area contributed by atoms with E-state index in [1.165, 1.54) is 6.42 Å². The first-order valence-corrected chi connectivity index (χ1v) is 7.04. The molecule has 0 amide bonds. The Morgan fingerprint density at radius 1 is 1.30 bits per heavy atom. The van der Waals surface area contributed by atoms with Crippen molar-refractivity contribution in [3.63, 3.8) is 0 Å². The number of nitrogens with one attached hydrogen (secondary N) is 3. The van der Waals surface area contributed by atoms with Crippen LogP contribution in [0.3, 0.4) is 0 Å². The minimum Gasteiger partial charge on any atom is -0.394 e. The number of hydrogen-bond acceptors (Lipinski definition) is 6. The lowest BCUT2D eigenvalue weighted by molar-refractivity contribution is 0.172. The summed E-state index contributed by atoms with van der Waals surface area (Å²) in [6.45, 7) is 0.113. The van der Waals surface area contributed by atoms with Gasteiger partial charge in [-0.1, -0.05) is 19.3 Å². The molecular weight excluding hydrogens is 256 g/mol. The molecule has 4 N–H and O–H groups in total. The van der Waals surface area contributed by atoms with E-state index in [9.17, 15) is 5.11 Å². The molecule has 2 heterocycles. The quantitative estimate of drug-likeness (QED) is 0.675. The summed E-state index contributed by atoms with van der Waals surface area (Å²) < 4.78 is 0. The zero-order valence-electron chi connectivity index (χ0n) is 11.6. The smallest absolute Gasteiger partial charge is 0.226 e. The predicted octanol–water partition coefficient (Wildman–Crippen LogP) is 1.50. The third-order valence-electron chi connectivity index (χ3n) is 4.01. The second-order valence-electron chi connectivity index (χ2n) is 5.37. The van der Waals surface area contributed by atoms with Gasteiger partial charge < -0.3 is 20.7 Å². The van der Waals surface area contributed by atoms with Crippen LogP contribution in [0.5, 0.6) is 0 Å². The summed E-state index contributed by atoms with van der Waals surface area (Å²) in [4.78, 5) is 16.0. The van der Waals surface area contributed by atoms with Crippen LogP contribution in [0.2, 0.25) is 0 Å². The third-order valence-corrected chi connectivity index (χ3v) is 4.01. The Bertz CT molecular complexity index is 590. The number of H-pyrrole nitrogens is 1. The van der Waals surface area contributed by atoms with Crippen LogP contribution in [0, 0.1) is 0 Å². The molecule has 0 aliphatic heterocycles. The standard InChI is InChI=1S/C13H20N6O/c1-14-12-17-10-9(15-8-16-10)11(18-12)19-13(7-20)5-3-2-4-6-13/h8,20H,2-7H2,1H3,(H3,14,15,16,17,18,19). The highest BCUT2D eigenvalue weighted by Crippen LogP contribution is 2.32. The van der Waals surface area contributed by atoms with E-state index in [-0.39, 0.29) is 12.1 Å². The van der Waals surface area contributed by atoms with Gasteiger partial charge in [-0.25, -0.2) is 4.98 Å². The minimum atomic E-state index is -0.282. The van der Waals surface area contributed by atoms with Crippen LogP contribution in [0.25, 0.3) is 11.2 Å². The van der Waals surface area contributed by atoms with E-state index in [1.54, 1.807) is 13.4 Å². The molecule has 0 atom stereocenters. The van der Waals surface area contributed by atoms with Gasteiger partial charge >= 0.3 is 0 Å². The molecule has 1 aliphatic carbocycles. The van der Waals surface area contributed by atoms with Crippen molar-refractivity contribution in [2.75, 3.05) is 24.3 Å². The van der Waals surface area contributed by atoms with Gasteiger partial charge in [-0.15, -0.1) is 0 Å². The van der Waals surface area contributed by atoms with Gasteiger partial charge in [0.15, 0.2) is 11.5 Å². The molecule has 1 saturated carbocycles. The number of hydrogen-bond donors (Lipinski definition) is 4. The molecule has 0 radical (unpaired) electrons. The second kappa shape index (κ2) is 5.24. The maximum atomic E-state index is 9.80. The molecule has 3 rings (SSSR count). The average molecular weight is 276 g/mol. The van der Waals surface area contributed by atoms with E-state index in [0.29, 0.717) is 17.4 Å². The topological polar surface area (TPSA) is 98.8 Å². The monoisotopic (exact) mass is 276 g/mol. The van der Waals surface area contributed by atoms with E-state index < -0.39 is 0 Å². The number of aliphatic hydroxyl groups is 1. The number of anilines is 2. The fraction of sp³-hybridized carbons (Fsp3) is 0.615. The molecule has 7 nitrogen and oxygen atoms in total. The molecular formula is C13H20N6O. The number of aromatic amines is 1. The largest absolute Gasteiger partial charge is 0.394 e. The van der Waals surface area contributed by atoms with Gasteiger partial charge in [0.2, 0.25) is 5.95 Å². The molecule has 108 valence electrons. The molecule has 1 aliphatic rings. The van der Waals surface area contributed by atoms with E-state index in [0.717, 1.165) is 31.2 Å². The number of fused-ring (bicyclic) bond motifs is 1. The Hall–Kier alpha value is -1.89. The average Bonchev–Trinajstić information content (AvgIpc) is 2.96. The number of rotatable bonds is 4. The summed E-state index contributed by atoms with van der Waals surface area (Å²) in [5.41, 5.74) is 1.12. The Morgan fingerprint density at radius 3 is 2.80 bits per heavy atom. The van der Waals surface area contributed by atoms with Crippen molar-refractivity contribution in [2.45, 2.75) is 37.6 Å². The first-order chi connectivity index (χ1) is 9.76. The summed E-state index contributed by atoms with van der Waals surface area (Å²) in [6.07, 6.45) is 7.01. The maximum absolute atomic E-state index is 9.80. The summed E-state index contributed by atoms with van der Waals surface area (Å²) in [5.74, 6) is 1.23. The summed E-state index contributed by atoms with van der Waals surface area (Å²) in [7, 11) is 1.78. The highest BCUT2D eigenvalue weighted by atomic mass is 16.3. The fourth-order valence-corrected chi connectivity index (χ4v) is 2.84. The van der Waals surface area contributed by atoms with Crippen molar-refractivity contribution >= 4 is 22.9 Å². The Balaban J connectivity index is 1.98. The van der Waals surface area contributed by atoms with Crippen LogP contribution in [0.1, 0.15) is 32.1 Å². The van der Waals surface area contributed by atoms with Crippen LogP contribution >= 0.6 is 0 Å². The van der Waals surface area contributed by atoms with E-state index in [1.807, 2.05) is 0 Å². The van der Waals surface area contributed by atoms with E-state index in [2.05, 4.69) is 30.6 Å². The first-order valence-electron chi connectivity index (χ1n) is 7.04. The van der Waals surface area contributed by atoms with Crippen molar-refractivity contribution in [1.29, 1.82) is 0 Å². The van der Waals surface area contributed by atoms with Gasteiger partial charge in [-0.05, 0) is 12.8 Å². The number of aliphatic hydroxyl groups excluding tert-OH is 1. The normalized spacial score (nSPS) is 18.1. The molecule has 2 aromatic rings. The van der Waals surface area contributed by atoms with Crippen LogP contribution in [0.4, 0.5) is 11.8 Å². The van der Waals surface area contributed by atoms with Crippen molar-refractivity contribution in [3.05, 3.63) is 6.33 Å². The number of imidazole rings is 1. The van der Waals surface area contributed by atoms with Gasteiger partial charge in [-0.3, -0.25) is 0 Å². The maximum Gasteiger partial charge on any atom is 0.226 e. The van der Waals surface area contributed by atoms with Crippen molar-refractivity contribution < 1.29 is 5.11 Å². The molecule has 20 heavy (non-hydrogen) atoms. The Kier molecular flexibility index (Phi) is 3.43. The second-order valence-corrected chi connectivity index (χ2v) is 5.37. The van der Waals surface area contributed by atoms with Crippen LogP contribution in [-0.2, 0) is 0 Å². The number of aromatic nitrogens is 4. The van der Waals surface area contributed by atoms with Gasteiger partial charge in [0.05, 0.1) is 18.5 Å². The molecule has 2 aromatic heterocycles. The van der Waals surface area contributed by atoms with E-state index in [4.69, 9.17) is 0 Å². The van der Waals surface area contributed by atoms with E-state index >= 15 is 0 Å². The molecule has 0 saturated heterocycles. The molecule has 7 heteroatoms. The van der Waals surface area contributed by atoms with Crippen molar-refractivity contribution in [3.8, 4) is 0 Å². The van der Waals surface area contributed by atoms with Crippen molar-refractivity contribution in [2.24, 2.45) is 0 Å². The van der Waals surface area contributed by atoms with Crippen LogP contribution < -0.4 is 10.6 Å². The Labute approximate surface area is 117 Å². The minimum absolute atomic E-state index is 0.113. The molecule has 0 bridgehead atoms. The zero-order chi connectivity index (χ0) is 14.0. The van der Waals surface area contributed by atoms with Gasteiger partial charge in [0, 0.05) is 7.05 Å². The molecule has 1 fully saturated rings. The lowest BCUT2D eigenvalue weighted by atomic mass is 9.82. The van der Waals surface area contributed by atoms with Gasteiger partial charge in [-0.2, -0.15) is 9.97 Å². The lowest BCUT2D eigenvalue weighted by Gasteiger charge is -2.37. The highest BCUT2D eigenvalue weighted by molar-refractivity contribution is 5.84. The number of nitrogens with zero attached hydrogens (tertiary/aromatic N) is 3. The molecule has 0 spiro atoms. The summed E-state index contributed by atoms with van der Waals surface area (Å²) >= 11 is 0. The fourth-order valence-electron chi connectivity index (χ4n) is 2.84. The van der Waals surface area contributed by atoms with Crippen molar-refractivity contribution in [1.82, 2.24) is 19.9 Å². The first kappa shape index (κ1) is 13.1. The predicted molar refractivity (Wildman–Crippen MR) is 77.8 cm³/mol. The van der Waals surface area contributed by atoms with Crippen LogP contribution in [0.15, 0.2) is 6.33 Å². The molecule has 0 aromatic carbocycles. The zero-order valence-corrected chi connectivity index (χ0v) is 11.6. The van der Waals surface area contributed by atoms with Gasteiger partial charge in [0.25, 0.3) is 0 Å². The summed E-state index contributed by atoms with van der Waals surface area (Å²) in [5, 5.41) is 16.2. The lowest BCUT2D eigenvalue weighted by Crippen LogP contribution is -2.44. The summed E-state index contributed by atoms with van der Waals surface area (Å²) in [6, 6.07) is 0. The SMILES string of the molecule is CNc1nc(NC2(CO)CCCCC2)c2[nH]cnc2n1. The third kappa shape index (κ3) is 2.29. The highest BCUT2D eigenvalue weighted by Gasteiger charge is 2.32. The van der Waals surface area contributed by atoms with Crippen LogP contribution in [-0.4, -0.2) is 44.2 Å².